The van der Waals surface area contributed by atoms with Crippen molar-refractivity contribution in [3.8, 4) is 0 Å². The highest BCUT2D eigenvalue weighted by atomic mass is 16.7. The molecule has 6 unspecified atom stereocenters. The zero-order valence-electron chi connectivity index (χ0n) is 25.5. The largest absolute Gasteiger partial charge is 0.394 e. The second kappa shape index (κ2) is 10.4. The molecule has 4 saturated carbocycles. The van der Waals surface area contributed by atoms with Gasteiger partial charge in [0.1, 0.15) is 24.4 Å². The Balaban J connectivity index is 1.03. The molecule has 3 aliphatic heterocycles. The molecule has 0 bridgehead atoms. The van der Waals surface area contributed by atoms with Crippen LogP contribution in [0.2, 0.25) is 0 Å². The van der Waals surface area contributed by atoms with Crippen molar-refractivity contribution < 1.29 is 39.4 Å². The van der Waals surface area contributed by atoms with Gasteiger partial charge in [0.05, 0.1) is 25.4 Å². The van der Waals surface area contributed by atoms with E-state index in [0.29, 0.717) is 35.2 Å². The molecule has 41 heavy (non-hydrogen) atoms. The molecule has 17 atom stereocenters. The average Bonchev–Trinajstić information content (AvgIpc) is 3.40. The maximum atomic E-state index is 10.5. The summed E-state index contributed by atoms with van der Waals surface area (Å²) in [7, 11) is 0. The van der Waals surface area contributed by atoms with E-state index in [9.17, 15) is 20.4 Å². The summed E-state index contributed by atoms with van der Waals surface area (Å²) in [6.07, 6.45) is 5.64. The van der Waals surface area contributed by atoms with E-state index in [4.69, 9.17) is 18.9 Å². The van der Waals surface area contributed by atoms with E-state index in [1.807, 2.05) is 0 Å². The molecule has 4 N–H and O–H groups in total. The zero-order valence-corrected chi connectivity index (χ0v) is 25.5. The van der Waals surface area contributed by atoms with Gasteiger partial charge in [-0.15, -0.1) is 0 Å². The fourth-order valence-electron chi connectivity index (χ4n) is 11.7. The summed E-state index contributed by atoms with van der Waals surface area (Å²) in [5.41, 5.74) is 0.612. The van der Waals surface area contributed by atoms with E-state index in [-0.39, 0.29) is 17.3 Å². The van der Waals surface area contributed by atoms with Crippen LogP contribution in [0, 0.1) is 52.3 Å². The van der Waals surface area contributed by atoms with E-state index in [1.54, 1.807) is 0 Å². The Morgan fingerprint density at radius 2 is 1.61 bits per heavy atom. The number of fused-ring (bicyclic) bond motifs is 7. The second-order valence-corrected chi connectivity index (χ2v) is 15.9. The van der Waals surface area contributed by atoms with Crippen LogP contribution in [0.25, 0.3) is 0 Å². The van der Waals surface area contributed by atoms with Gasteiger partial charge in [0.2, 0.25) is 0 Å². The summed E-state index contributed by atoms with van der Waals surface area (Å²) in [5.74, 6) is 4.08. The molecule has 3 heterocycles. The molecule has 7 rings (SSSR count). The summed E-state index contributed by atoms with van der Waals surface area (Å²) < 4.78 is 25.4. The van der Waals surface area contributed by atoms with Crippen LogP contribution in [0.15, 0.2) is 0 Å². The second-order valence-electron chi connectivity index (χ2n) is 15.9. The highest BCUT2D eigenvalue weighted by molar-refractivity contribution is 5.15. The number of hydrogen-bond donors (Lipinski definition) is 4. The lowest BCUT2D eigenvalue weighted by Crippen LogP contribution is -2.60. The monoisotopic (exact) mass is 578 g/mol. The number of aliphatic hydroxyl groups is 4. The third-order valence-corrected chi connectivity index (χ3v) is 14.1. The predicted octanol–water partition coefficient (Wildman–Crippen LogP) is 3.62. The minimum Gasteiger partial charge on any atom is -0.394 e. The Hall–Kier alpha value is -0.320. The van der Waals surface area contributed by atoms with E-state index in [0.717, 1.165) is 50.0 Å². The Bertz CT molecular complexity index is 967. The van der Waals surface area contributed by atoms with Crippen LogP contribution in [-0.2, 0) is 18.9 Å². The fourth-order valence-corrected chi connectivity index (χ4v) is 11.7. The average molecular weight is 579 g/mol. The summed E-state index contributed by atoms with van der Waals surface area (Å²) in [6.45, 7) is 10.3. The number of hydrogen-bond acceptors (Lipinski definition) is 8. The third kappa shape index (κ3) is 4.36. The van der Waals surface area contributed by atoms with Crippen molar-refractivity contribution in [2.75, 3.05) is 13.2 Å². The summed E-state index contributed by atoms with van der Waals surface area (Å²) >= 11 is 0. The van der Waals surface area contributed by atoms with E-state index >= 15 is 0 Å². The van der Waals surface area contributed by atoms with Crippen LogP contribution >= 0.6 is 0 Å². The molecule has 8 nitrogen and oxygen atoms in total. The third-order valence-electron chi connectivity index (χ3n) is 14.1. The minimum atomic E-state index is -1.40. The fraction of sp³-hybridized carbons (Fsp3) is 1.00. The van der Waals surface area contributed by atoms with Gasteiger partial charge in [0, 0.05) is 12.3 Å². The van der Waals surface area contributed by atoms with Gasteiger partial charge in [-0.05, 0) is 104 Å². The van der Waals surface area contributed by atoms with E-state index < -0.39 is 37.3 Å². The Morgan fingerprint density at radius 3 is 2.34 bits per heavy atom. The predicted molar refractivity (Wildman–Crippen MR) is 150 cm³/mol. The normalized spacial score (nSPS) is 60.3. The van der Waals surface area contributed by atoms with Crippen LogP contribution in [-0.4, -0.2) is 82.3 Å². The van der Waals surface area contributed by atoms with Gasteiger partial charge in [-0.3, -0.25) is 0 Å². The van der Waals surface area contributed by atoms with Crippen LogP contribution in [0.5, 0.6) is 0 Å². The standard InChI is InChI=1S/C33H54O8/c1-17-7-12-33(38-16-17)18(2)26-24(41-33)14-23-21-6-5-19-13-20(8-10-31(19,3)22(21)9-11-32(23,26)4)39-30-29(37)28(36)27(35)25(15-34)40-30/h17-30,34-37H,5-16H2,1-4H3/t17-,18-,19+,20-,21?,22?,23-,24-,25?,26?,27-,28?,29?,30+,31-,32-,33+/m0/s1. The van der Waals surface area contributed by atoms with Gasteiger partial charge in [-0.25, -0.2) is 0 Å². The first kappa shape index (κ1) is 29.4. The van der Waals surface area contributed by atoms with Crippen molar-refractivity contribution in [1.29, 1.82) is 0 Å². The first-order valence-electron chi connectivity index (χ1n) is 16.8. The van der Waals surface area contributed by atoms with Crippen LogP contribution in [0.1, 0.15) is 91.9 Å². The Kier molecular flexibility index (Phi) is 7.43. The van der Waals surface area contributed by atoms with Crippen molar-refractivity contribution in [3.63, 3.8) is 0 Å². The molecular weight excluding hydrogens is 524 g/mol. The molecule has 8 heteroatoms. The molecule has 1 spiro atoms. The van der Waals surface area contributed by atoms with E-state index in [2.05, 4.69) is 27.7 Å². The topological polar surface area (TPSA) is 118 Å². The molecule has 0 aromatic carbocycles. The SMILES string of the molecule is C[C@H]1CC[C@@]2(OC1)O[C@H]1C[C@H]3C4CC[C@@H]5C[C@@H](O[C@@H]6OC(CO)[C@H](O)C(O)C6O)CC[C@]5(C)C4CC[C@]3(C)C1[C@@H]2C. The highest BCUT2D eigenvalue weighted by Crippen LogP contribution is 2.71. The lowest BCUT2D eigenvalue weighted by atomic mass is 9.44. The quantitative estimate of drug-likeness (QED) is 0.375. The van der Waals surface area contributed by atoms with Gasteiger partial charge in [0.25, 0.3) is 0 Å². The van der Waals surface area contributed by atoms with Crippen molar-refractivity contribution in [2.45, 2.75) is 141 Å². The smallest absolute Gasteiger partial charge is 0.186 e. The van der Waals surface area contributed by atoms with Crippen LogP contribution in [0.3, 0.4) is 0 Å². The van der Waals surface area contributed by atoms with Gasteiger partial charge >= 0.3 is 0 Å². The summed E-state index contributed by atoms with van der Waals surface area (Å²) in [6, 6.07) is 0. The first-order chi connectivity index (χ1) is 19.5. The lowest BCUT2D eigenvalue weighted by Gasteiger charge is -2.61. The van der Waals surface area contributed by atoms with Gasteiger partial charge in [-0.1, -0.05) is 27.7 Å². The molecule has 0 radical (unpaired) electrons. The zero-order chi connectivity index (χ0) is 28.9. The number of ether oxygens (including phenoxy) is 4. The molecule has 4 aliphatic carbocycles. The Morgan fingerprint density at radius 1 is 0.829 bits per heavy atom. The maximum Gasteiger partial charge on any atom is 0.186 e. The molecule has 7 fully saturated rings. The maximum absolute atomic E-state index is 10.5. The van der Waals surface area contributed by atoms with Crippen LogP contribution in [0.4, 0.5) is 0 Å². The van der Waals surface area contributed by atoms with Crippen molar-refractivity contribution in [3.05, 3.63) is 0 Å². The Labute approximate surface area is 245 Å². The van der Waals surface area contributed by atoms with Crippen molar-refractivity contribution in [2.24, 2.45) is 52.3 Å². The molecule has 234 valence electrons. The van der Waals surface area contributed by atoms with E-state index in [1.165, 1.54) is 38.5 Å². The van der Waals surface area contributed by atoms with Gasteiger partial charge < -0.3 is 39.4 Å². The lowest BCUT2D eigenvalue weighted by molar-refractivity contribution is -0.316. The molecule has 0 amide bonds. The van der Waals surface area contributed by atoms with Gasteiger partial charge in [0.15, 0.2) is 12.1 Å². The summed E-state index contributed by atoms with van der Waals surface area (Å²) in [4.78, 5) is 0. The van der Waals surface area contributed by atoms with Crippen molar-refractivity contribution in [1.82, 2.24) is 0 Å². The molecular formula is C33H54O8. The summed E-state index contributed by atoms with van der Waals surface area (Å²) in [5, 5.41) is 40.4. The molecule has 0 aromatic heterocycles. The molecule has 7 aliphatic rings. The number of aliphatic hydroxyl groups excluding tert-OH is 4. The number of rotatable bonds is 3. The highest BCUT2D eigenvalue weighted by Gasteiger charge is 2.69. The first-order valence-corrected chi connectivity index (χ1v) is 16.8. The van der Waals surface area contributed by atoms with Crippen LogP contribution < -0.4 is 0 Å². The molecule has 0 aromatic rings. The molecule has 3 saturated heterocycles. The minimum absolute atomic E-state index is 0.0607. The van der Waals surface area contributed by atoms with Gasteiger partial charge in [-0.2, -0.15) is 0 Å². The van der Waals surface area contributed by atoms with Crippen molar-refractivity contribution >= 4 is 0 Å².